The van der Waals surface area contributed by atoms with Crippen LogP contribution in [0.5, 0.6) is 11.5 Å². The van der Waals surface area contributed by atoms with Gasteiger partial charge in [-0.2, -0.15) is 8.61 Å². The molecule has 3 heterocycles. The van der Waals surface area contributed by atoms with Crippen LogP contribution < -0.4 is 4.74 Å². The van der Waals surface area contributed by atoms with Crippen molar-refractivity contribution in [3.8, 4) is 11.5 Å². The molecule has 43 heavy (non-hydrogen) atoms. The third kappa shape index (κ3) is 6.39. The van der Waals surface area contributed by atoms with E-state index in [-0.39, 0.29) is 44.0 Å². The molecule has 0 aliphatic carbocycles. The minimum Gasteiger partial charge on any atom is -0.465 e. The van der Waals surface area contributed by atoms with Crippen LogP contribution >= 0.6 is 11.6 Å². The molecule has 0 saturated carbocycles. The average Bonchev–Trinajstić information content (AvgIpc) is 3.23. The molecule has 3 saturated heterocycles. The maximum Gasteiger partial charge on any atom is 0.328 e. The van der Waals surface area contributed by atoms with Gasteiger partial charge in [0, 0.05) is 43.8 Å². The number of fused-ring (bicyclic) bond motifs is 2. The van der Waals surface area contributed by atoms with Crippen LogP contribution in [0.3, 0.4) is 0 Å². The molecular weight excluding hydrogens is 632 g/mol. The summed E-state index contributed by atoms with van der Waals surface area (Å²) in [5.41, 5.74) is -1.91. The Labute approximate surface area is 254 Å². The monoisotopic (exact) mass is 663 g/mol. The number of ether oxygens (including phenoxy) is 3. The van der Waals surface area contributed by atoms with E-state index in [1.165, 1.54) is 24.3 Å². The molecule has 0 amide bonds. The maximum atomic E-state index is 15.1. The third-order valence-corrected chi connectivity index (χ3v) is 11.9. The Balaban J connectivity index is 1.44. The molecule has 0 spiro atoms. The van der Waals surface area contributed by atoms with E-state index in [2.05, 4.69) is 0 Å². The number of piperazine rings is 1. The second-order valence-corrected chi connectivity index (χ2v) is 14.9. The summed E-state index contributed by atoms with van der Waals surface area (Å²) in [5, 5.41) is 0.380. The molecule has 0 N–H and O–H groups in total. The van der Waals surface area contributed by atoms with E-state index in [0.29, 0.717) is 43.5 Å². The van der Waals surface area contributed by atoms with Crippen molar-refractivity contribution in [2.24, 2.45) is 0 Å². The first-order chi connectivity index (χ1) is 20.4. The van der Waals surface area contributed by atoms with Crippen molar-refractivity contribution < 1.29 is 44.6 Å². The molecule has 0 radical (unpaired) electrons. The van der Waals surface area contributed by atoms with E-state index >= 15 is 8.78 Å². The Morgan fingerprint density at radius 2 is 1.74 bits per heavy atom. The van der Waals surface area contributed by atoms with Gasteiger partial charge >= 0.3 is 5.97 Å². The van der Waals surface area contributed by atoms with Crippen molar-refractivity contribution in [2.45, 2.75) is 36.2 Å². The maximum absolute atomic E-state index is 15.1. The molecule has 236 valence electrons. The number of hydrogen-bond donors (Lipinski definition) is 0. The summed E-state index contributed by atoms with van der Waals surface area (Å²) >= 11 is 5.84. The number of carbonyl (C=O) groups is 1. The van der Waals surface area contributed by atoms with Crippen molar-refractivity contribution in [1.29, 1.82) is 0 Å². The lowest BCUT2D eigenvalue weighted by Gasteiger charge is -2.45. The SMILES string of the molecule is CCOC(=O)C12CCC(CN(S(=O)(=O)CCN3CCOCC3)C1)N2S(=O)(=O)c1cc(F)c(Oc2ccc(Cl)cc2)c(F)c1. The van der Waals surface area contributed by atoms with E-state index in [9.17, 15) is 21.6 Å². The Kier molecular flexibility index (Phi) is 9.33. The molecular formula is C27H32ClF2N3O8S2. The van der Waals surface area contributed by atoms with Crippen molar-refractivity contribution >= 4 is 37.6 Å². The first-order valence-corrected chi connectivity index (χ1v) is 17.2. The lowest BCUT2D eigenvalue weighted by molar-refractivity contribution is -0.155. The summed E-state index contributed by atoms with van der Waals surface area (Å²) < 4.78 is 103. The molecule has 2 bridgehead atoms. The minimum atomic E-state index is -4.72. The summed E-state index contributed by atoms with van der Waals surface area (Å²) in [4.78, 5) is 14.6. The van der Waals surface area contributed by atoms with Crippen molar-refractivity contribution in [2.75, 3.05) is 58.3 Å². The van der Waals surface area contributed by atoms with Crippen molar-refractivity contribution in [3.05, 3.63) is 53.1 Å². The first kappa shape index (κ1) is 32.0. The smallest absolute Gasteiger partial charge is 0.328 e. The fourth-order valence-electron chi connectivity index (χ4n) is 5.76. The number of morpholine rings is 1. The molecule has 0 aromatic heterocycles. The van der Waals surface area contributed by atoms with Gasteiger partial charge in [0.25, 0.3) is 0 Å². The summed E-state index contributed by atoms with van der Waals surface area (Å²) in [6.07, 6.45) is 0.129. The van der Waals surface area contributed by atoms with Gasteiger partial charge in [-0.1, -0.05) is 11.6 Å². The zero-order valence-electron chi connectivity index (χ0n) is 23.4. The Hall–Kier alpha value is -2.40. The van der Waals surface area contributed by atoms with Gasteiger partial charge in [-0.3, -0.25) is 4.90 Å². The fraction of sp³-hybridized carbons (Fsp3) is 0.519. The van der Waals surface area contributed by atoms with Crippen LogP contribution in [0.25, 0.3) is 0 Å². The number of halogens is 3. The lowest BCUT2D eigenvalue weighted by Crippen LogP contribution is -2.67. The summed E-state index contributed by atoms with van der Waals surface area (Å²) in [6.45, 7) is 3.21. The van der Waals surface area contributed by atoms with Crippen LogP contribution in [-0.4, -0.2) is 106 Å². The van der Waals surface area contributed by atoms with Crippen LogP contribution in [-0.2, 0) is 34.3 Å². The highest BCUT2D eigenvalue weighted by atomic mass is 35.5. The van der Waals surface area contributed by atoms with E-state index in [1.807, 2.05) is 4.90 Å². The van der Waals surface area contributed by atoms with E-state index in [4.69, 9.17) is 25.8 Å². The molecule has 16 heteroatoms. The third-order valence-electron chi connectivity index (χ3n) is 7.88. The zero-order chi connectivity index (χ0) is 31.0. The predicted octanol–water partition coefficient (Wildman–Crippen LogP) is 2.84. The van der Waals surface area contributed by atoms with Gasteiger partial charge < -0.3 is 14.2 Å². The number of nitrogens with zero attached hydrogens (tertiary/aromatic N) is 3. The zero-order valence-corrected chi connectivity index (χ0v) is 25.8. The second-order valence-electron chi connectivity index (χ2n) is 10.6. The quantitative estimate of drug-likeness (QED) is 0.353. The highest BCUT2D eigenvalue weighted by Crippen LogP contribution is 2.45. The van der Waals surface area contributed by atoms with E-state index < -0.39 is 66.4 Å². The molecule has 2 atom stereocenters. The molecule has 3 aliphatic heterocycles. The summed E-state index contributed by atoms with van der Waals surface area (Å²) in [7, 11) is -8.63. The lowest BCUT2D eigenvalue weighted by atomic mass is 9.98. The van der Waals surface area contributed by atoms with Crippen LogP contribution in [0.4, 0.5) is 8.78 Å². The molecule has 3 aliphatic rings. The molecule has 3 fully saturated rings. The predicted molar refractivity (Wildman–Crippen MR) is 152 cm³/mol. The van der Waals surface area contributed by atoms with Gasteiger partial charge in [-0.25, -0.2) is 30.4 Å². The molecule has 5 rings (SSSR count). The standard InChI is InChI=1S/C27H32ClF2N3O8S2/c1-2-40-26(34)27-8-7-20(17-32(18-27)42(35,36)14-11-31-9-12-39-13-10-31)33(27)43(37,38)22-15-23(29)25(24(30)16-22)41-21-5-3-19(28)4-6-21/h3-6,15-16,20H,2,7-14,17-18H2,1H3. The largest absolute Gasteiger partial charge is 0.465 e. The number of esters is 1. The highest BCUT2D eigenvalue weighted by molar-refractivity contribution is 7.89. The normalized spacial score (nSPS) is 23.8. The van der Waals surface area contributed by atoms with Gasteiger partial charge in [0.2, 0.25) is 20.0 Å². The van der Waals surface area contributed by atoms with Gasteiger partial charge in [-0.15, -0.1) is 0 Å². The first-order valence-electron chi connectivity index (χ1n) is 13.8. The van der Waals surface area contributed by atoms with Gasteiger partial charge in [-0.05, 0) is 56.2 Å². The summed E-state index contributed by atoms with van der Waals surface area (Å²) in [6, 6.07) is 5.97. The number of benzene rings is 2. The minimum absolute atomic E-state index is 0.0199. The Morgan fingerprint density at radius 1 is 1.09 bits per heavy atom. The fourth-order valence-corrected chi connectivity index (χ4v) is 9.43. The van der Waals surface area contributed by atoms with Crippen LogP contribution in [0.1, 0.15) is 19.8 Å². The molecule has 2 aromatic rings. The Bertz CT molecular complexity index is 1550. The molecule has 2 aromatic carbocycles. The van der Waals surface area contributed by atoms with Crippen molar-refractivity contribution in [1.82, 2.24) is 13.5 Å². The second kappa shape index (κ2) is 12.5. The number of carbonyl (C=O) groups excluding carboxylic acids is 1. The van der Waals surface area contributed by atoms with Crippen LogP contribution in [0.2, 0.25) is 5.02 Å². The average molecular weight is 664 g/mol. The topological polar surface area (TPSA) is 123 Å². The number of sulfonamides is 2. The van der Waals surface area contributed by atoms with Crippen LogP contribution in [0.15, 0.2) is 41.3 Å². The van der Waals surface area contributed by atoms with Gasteiger partial charge in [0.05, 0.1) is 30.5 Å². The van der Waals surface area contributed by atoms with Gasteiger partial charge in [0.1, 0.15) is 11.3 Å². The Morgan fingerprint density at radius 3 is 2.37 bits per heavy atom. The number of rotatable bonds is 10. The van der Waals surface area contributed by atoms with E-state index in [0.717, 1.165) is 8.61 Å². The number of hydrogen-bond acceptors (Lipinski definition) is 9. The molecule has 11 nitrogen and oxygen atoms in total. The highest BCUT2D eigenvalue weighted by Gasteiger charge is 2.63. The van der Waals surface area contributed by atoms with Crippen molar-refractivity contribution in [3.63, 3.8) is 0 Å². The van der Waals surface area contributed by atoms with Crippen LogP contribution in [0, 0.1) is 11.6 Å². The van der Waals surface area contributed by atoms with Gasteiger partial charge in [0.15, 0.2) is 17.4 Å². The van der Waals surface area contributed by atoms with E-state index in [1.54, 1.807) is 6.92 Å². The molecule has 2 unspecified atom stereocenters. The summed E-state index contributed by atoms with van der Waals surface area (Å²) in [5.74, 6) is -4.45.